The molecule has 1 atom stereocenters. The number of amides is 2. The van der Waals surface area contributed by atoms with Gasteiger partial charge < -0.3 is 15.0 Å². The van der Waals surface area contributed by atoms with Crippen LogP contribution < -0.4 is 14.4 Å². The Morgan fingerprint density at radius 3 is 2.37 bits per heavy atom. The van der Waals surface area contributed by atoms with Crippen molar-refractivity contribution in [2.24, 2.45) is 0 Å². The van der Waals surface area contributed by atoms with Gasteiger partial charge in [0.25, 0.3) is 10.0 Å². The Kier molecular flexibility index (Phi) is 9.65. The number of halogens is 1. The van der Waals surface area contributed by atoms with Crippen LogP contribution in [0.3, 0.4) is 0 Å². The van der Waals surface area contributed by atoms with Gasteiger partial charge in [-0.15, -0.1) is 0 Å². The number of nitrogens with zero attached hydrogens (tertiary/aromatic N) is 2. The summed E-state index contributed by atoms with van der Waals surface area (Å²) in [4.78, 5) is 28.5. The maximum Gasteiger partial charge on any atom is 0.264 e. The van der Waals surface area contributed by atoms with Crippen molar-refractivity contribution in [2.75, 3.05) is 18.0 Å². The lowest BCUT2D eigenvalue weighted by Crippen LogP contribution is -2.52. The molecule has 1 fully saturated rings. The average Bonchev–Trinajstić information content (AvgIpc) is 3.48. The van der Waals surface area contributed by atoms with Crippen LogP contribution in [-0.4, -0.2) is 50.9 Å². The fourth-order valence-corrected chi connectivity index (χ4v) is 6.32. The predicted octanol–water partition coefficient (Wildman–Crippen LogP) is 4.81. The Morgan fingerprint density at radius 2 is 1.71 bits per heavy atom. The van der Waals surface area contributed by atoms with Crippen molar-refractivity contribution in [2.45, 2.75) is 63.1 Å². The minimum atomic E-state index is -4.21. The molecule has 10 heteroatoms. The summed E-state index contributed by atoms with van der Waals surface area (Å²) in [5.74, 6) is -1.13. The first kappa shape index (κ1) is 30.0. The van der Waals surface area contributed by atoms with Crippen LogP contribution in [0.4, 0.5) is 10.1 Å². The van der Waals surface area contributed by atoms with E-state index in [1.165, 1.54) is 36.3 Å². The monoisotopic (exact) mass is 581 g/mol. The van der Waals surface area contributed by atoms with E-state index in [1.54, 1.807) is 55.5 Å². The first-order valence-electron chi connectivity index (χ1n) is 13.7. The van der Waals surface area contributed by atoms with Crippen LogP contribution in [0.2, 0.25) is 0 Å². The number of benzene rings is 3. The molecule has 0 bridgehead atoms. The van der Waals surface area contributed by atoms with Crippen LogP contribution in [0.5, 0.6) is 5.75 Å². The fraction of sp³-hybridized carbons (Fsp3) is 0.355. The van der Waals surface area contributed by atoms with Gasteiger partial charge in [-0.1, -0.05) is 54.8 Å². The van der Waals surface area contributed by atoms with Gasteiger partial charge in [-0.25, -0.2) is 12.8 Å². The minimum Gasteiger partial charge on any atom is -0.497 e. The summed E-state index contributed by atoms with van der Waals surface area (Å²) in [6, 6.07) is 17.8. The van der Waals surface area contributed by atoms with E-state index in [0.717, 1.165) is 35.6 Å². The zero-order valence-electron chi connectivity index (χ0n) is 23.5. The van der Waals surface area contributed by atoms with Gasteiger partial charge in [0.1, 0.15) is 24.2 Å². The lowest BCUT2D eigenvalue weighted by molar-refractivity contribution is -0.139. The summed E-state index contributed by atoms with van der Waals surface area (Å²) in [7, 11) is -2.75. The van der Waals surface area contributed by atoms with Crippen LogP contribution in [-0.2, 0) is 26.2 Å². The third-order valence-electron chi connectivity index (χ3n) is 7.40. The summed E-state index contributed by atoms with van der Waals surface area (Å²) in [6.07, 6.45) is 3.75. The number of carbonyl (C=O) groups is 2. The number of sulfonamides is 1. The van der Waals surface area contributed by atoms with Gasteiger partial charge in [0.2, 0.25) is 11.8 Å². The normalized spacial score (nSPS) is 14.3. The zero-order valence-corrected chi connectivity index (χ0v) is 24.4. The quantitative estimate of drug-likeness (QED) is 0.351. The zero-order chi connectivity index (χ0) is 29.6. The van der Waals surface area contributed by atoms with Crippen molar-refractivity contribution in [3.8, 4) is 5.75 Å². The van der Waals surface area contributed by atoms with Crippen molar-refractivity contribution in [3.05, 3.63) is 89.7 Å². The molecule has 0 spiro atoms. The molecule has 2 amide bonds. The third kappa shape index (κ3) is 7.24. The van der Waals surface area contributed by atoms with Crippen molar-refractivity contribution in [1.82, 2.24) is 10.2 Å². The van der Waals surface area contributed by atoms with E-state index in [-0.39, 0.29) is 34.6 Å². The van der Waals surface area contributed by atoms with E-state index in [0.29, 0.717) is 5.75 Å². The number of hydrogen-bond acceptors (Lipinski definition) is 5. The second-order valence-corrected chi connectivity index (χ2v) is 12.2. The van der Waals surface area contributed by atoms with Gasteiger partial charge in [0.05, 0.1) is 17.7 Å². The first-order chi connectivity index (χ1) is 19.6. The summed E-state index contributed by atoms with van der Waals surface area (Å²) in [5.41, 5.74) is 1.31. The molecule has 41 heavy (non-hydrogen) atoms. The molecule has 0 aliphatic heterocycles. The number of methoxy groups -OCH3 is 1. The number of anilines is 1. The maximum atomic E-state index is 14.7. The molecule has 0 heterocycles. The fourth-order valence-electron chi connectivity index (χ4n) is 4.92. The van der Waals surface area contributed by atoms with E-state index in [9.17, 15) is 22.4 Å². The molecule has 1 N–H and O–H groups in total. The largest absolute Gasteiger partial charge is 0.497 e. The lowest BCUT2D eigenvalue weighted by atomic mass is 10.1. The summed E-state index contributed by atoms with van der Waals surface area (Å²) >= 11 is 0. The molecule has 3 aromatic rings. The molecule has 4 rings (SSSR count). The molecular weight excluding hydrogens is 545 g/mol. The number of aryl methyl sites for hydroxylation is 1. The molecule has 1 aliphatic rings. The standard InChI is InChI=1S/C31H36FN3O5S/c1-22-15-17-28(18-16-22)41(38,39)35(26-12-8-13-27(19-26)40-3)21-30(36)34(20-24-9-4-7-14-29(24)32)23(2)31(37)33-25-10-5-6-11-25/h4,7-9,12-19,23,25H,5-6,10-11,20-21H2,1-3H3,(H,33,37)/t23-/m0/s1. The van der Waals surface area contributed by atoms with Gasteiger partial charge in [0.15, 0.2) is 0 Å². The Morgan fingerprint density at radius 1 is 1.02 bits per heavy atom. The van der Waals surface area contributed by atoms with Crippen molar-refractivity contribution in [1.29, 1.82) is 0 Å². The van der Waals surface area contributed by atoms with Crippen LogP contribution >= 0.6 is 0 Å². The number of ether oxygens (including phenoxy) is 1. The minimum absolute atomic E-state index is 0.00592. The van der Waals surface area contributed by atoms with Crippen LogP contribution in [0.15, 0.2) is 77.7 Å². The number of hydrogen-bond donors (Lipinski definition) is 1. The Labute approximate surface area is 241 Å². The molecule has 218 valence electrons. The summed E-state index contributed by atoms with van der Waals surface area (Å²) < 4.78 is 48.9. The van der Waals surface area contributed by atoms with E-state index in [1.807, 2.05) is 6.92 Å². The van der Waals surface area contributed by atoms with Gasteiger partial charge in [-0.2, -0.15) is 0 Å². The summed E-state index contributed by atoms with van der Waals surface area (Å²) in [5, 5.41) is 3.00. The van der Waals surface area contributed by atoms with Crippen LogP contribution in [0.25, 0.3) is 0 Å². The van der Waals surface area contributed by atoms with E-state index < -0.39 is 34.3 Å². The molecular formula is C31H36FN3O5S. The van der Waals surface area contributed by atoms with E-state index >= 15 is 0 Å². The second-order valence-electron chi connectivity index (χ2n) is 10.3. The van der Waals surface area contributed by atoms with E-state index in [4.69, 9.17) is 4.74 Å². The highest BCUT2D eigenvalue weighted by molar-refractivity contribution is 7.92. The third-order valence-corrected chi connectivity index (χ3v) is 9.18. The molecule has 3 aromatic carbocycles. The molecule has 8 nitrogen and oxygen atoms in total. The van der Waals surface area contributed by atoms with E-state index in [2.05, 4.69) is 5.32 Å². The van der Waals surface area contributed by atoms with Crippen molar-refractivity contribution in [3.63, 3.8) is 0 Å². The van der Waals surface area contributed by atoms with Gasteiger partial charge in [0, 0.05) is 24.2 Å². The topological polar surface area (TPSA) is 96.0 Å². The van der Waals surface area contributed by atoms with Gasteiger partial charge in [-0.3, -0.25) is 13.9 Å². The average molecular weight is 582 g/mol. The highest BCUT2D eigenvalue weighted by atomic mass is 32.2. The van der Waals surface area contributed by atoms with Gasteiger partial charge in [-0.05, 0) is 57.0 Å². The van der Waals surface area contributed by atoms with Crippen LogP contribution in [0, 0.1) is 12.7 Å². The number of rotatable bonds is 11. The molecule has 0 saturated heterocycles. The highest BCUT2D eigenvalue weighted by Gasteiger charge is 2.33. The molecule has 1 saturated carbocycles. The highest BCUT2D eigenvalue weighted by Crippen LogP contribution is 2.28. The first-order valence-corrected chi connectivity index (χ1v) is 15.1. The Bertz CT molecular complexity index is 1470. The Hall–Kier alpha value is -3.92. The lowest BCUT2D eigenvalue weighted by Gasteiger charge is -2.32. The Balaban J connectivity index is 1.71. The second kappa shape index (κ2) is 13.2. The molecule has 0 radical (unpaired) electrons. The summed E-state index contributed by atoms with van der Waals surface area (Å²) in [6.45, 7) is 2.60. The SMILES string of the molecule is COc1cccc(N(CC(=O)N(Cc2ccccc2F)[C@@H](C)C(=O)NC2CCCC2)S(=O)(=O)c2ccc(C)cc2)c1. The number of carbonyl (C=O) groups excluding carboxylic acids is 2. The van der Waals surface area contributed by atoms with Gasteiger partial charge >= 0.3 is 0 Å². The smallest absolute Gasteiger partial charge is 0.264 e. The van der Waals surface area contributed by atoms with Crippen molar-refractivity contribution < 1.29 is 27.1 Å². The van der Waals surface area contributed by atoms with Crippen LogP contribution in [0.1, 0.15) is 43.7 Å². The number of nitrogens with one attached hydrogen (secondary N) is 1. The molecule has 1 aliphatic carbocycles. The molecule has 0 aromatic heterocycles. The predicted molar refractivity (Wildman–Crippen MR) is 156 cm³/mol. The molecule has 0 unspecified atom stereocenters. The van der Waals surface area contributed by atoms with Crippen molar-refractivity contribution >= 4 is 27.5 Å². The maximum absolute atomic E-state index is 14.7.